The van der Waals surface area contributed by atoms with Crippen LogP contribution in [0.1, 0.15) is 64.7 Å². The summed E-state index contributed by atoms with van der Waals surface area (Å²) in [5.41, 5.74) is 0. The van der Waals surface area contributed by atoms with Crippen molar-refractivity contribution >= 4 is 11.8 Å². The van der Waals surface area contributed by atoms with Crippen molar-refractivity contribution < 1.29 is 14.7 Å². The van der Waals surface area contributed by atoms with E-state index in [1.807, 2.05) is 12.2 Å². The second-order valence-corrected chi connectivity index (χ2v) is 5.43. The van der Waals surface area contributed by atoms with Gasteiger partial charge in [-0.05, 0) is 50.7 Å². The lowest BCUT2D eigenvalue weighted by molar-refractivity contribution is -0.137. The first kappa shape index (κ1) is 21.1. The topological polar surface area (TPSA) is 54.4 Å². The predicted molar refractivity (Wildman–Crippen MR) is 96.4 cm³/mol. The summed E-state index contributed by atoms with van der Waals surface area (Å²) < 4.78 is 0. The summed E-state index contributed by atoms with van der Waals surface area (Å²) in [5.74, 6) is -0.807. The van der Waals surface area contributed by atoms with Gasteiger partial charge in [0.05, 0.1) is 0 Å². The van der Waals surface area contributed by atoms with Gasteiger partial charge < -0.3 is 5.11 Å². The standard InChI is InChI=1S/C20H30O3/c1-2-3-4-5-6-7-8-9-10-13-16-19(21)17-14-11-12-15-18-20(22)23/h6-7,9-10,13-14,16-17H,2-5,8,11-12,15,18H2,1H3,(H,22,23). The number of carbonyl (C=O) groups excluding carboxylic acids is 1. The third kappa shape index (κ3) is 18.1. The molecular weight excluding hydrogens is 288 g/mol. The maximum atomic E-state index is 11.5. The molecule has 0 amide bonds. The second kappa shape index (κ2) is 16.5. The molecule has 0 rings (SSSR count). The van der Waals surface area contributed by atoms with Crippen molar-refractivity contribution in [3.8, 4) is 0 Å². The Bertz CT molecular complexity index is 428. The first-order chi connectivity index (χ1) is 11.2. The fraction of sp³-hybridized carbons (Fsp3) is 0.500. The maximum Gasteiger partial charge on any atom is 0.303 e. The van der Waals surface area contributed by atoms with Crippen molar-refractivity contribution in [1.29, 1.82) is 0 Å². The number of carbonyl (C=O) groups is 2. The molecule has 128 valence electrons. The van der Waals surface area contributed by atoms with Gasteiger partial charge in [0.2, 0.25) is 0 Å². The minimum atomic E-state index is -0.768. The lowest BCUT2D eigenvalue weighted by atomic mass is 10.2. The molecule has 0 unspecified atom stereocenters. The molecule has 0 saturated carbocycles. The average Bonchev–Trinajstić information content (AvgIpc) is 2.52. The molecule has 0 atom stereocenters. The number of ketones is 1. The van der Waals surface area contributed by atoms with Crippen LogP contribution < -0.4 is 0 Å². The first-order valence-electron chi connectivity index (χ1n) is 8.57. The second-order valence-electron chi connectivity index (χ2n) is 5.43. The van der Waals surface area contributed by atoms with E-state index in [-0.39, 0.29) is 12.2 Å². The number of hydrogen-bond donors (Lipinski definition) is 1. The van der Waals surface area contributed by atoms with Crippen LogP contribution in [-0.4, -0.2) is 16.9 Å². The van der Waals surface area contributed by atoms with E-state index in [0.29, 0.717) is 6.42 Å². The Morgan fingerprint density at radius 1 is 0.826 bits per heavy atom. The van der Waals surface area contributed by atoms with Gasteiger partial charge >= 0.3 is 5.97 Å². The van der Waals surface area contributed by atoms with Crippen LogP contribution in [0.3, 0.4) is 0 Å². The molecule has 0 radical (unpaired) electrons. The summed E-state index contributed by atoms with van der Waals surface area (Å²) in [6.45, 7) is 2.20. The molecule has 0 saturated heterocycles. The zero-order chi connectivity index (χ0) is 17.2. The van der Waals surface area contributed by atoms with Crippen LogP contribution in [0.25, 0.3) is 0 Å². The molecule has 3 nitrogen and oxygen atoms in total. The molecule has 0 aromatic rings. The Morgan fingerprint density at radius 3 is 2.30 bits per heavy atom. The van der Waals surface area contributed by atoms with Gasteiger partial charge in [-0.3, -0.25) is 9.59 Å². The van der Waals surface area contributed by atoms with Crippen molar-refractivity contribution in [2.24, 2.45) is 0 Å². The van der Waals surface area contributed by atoms with Gasteiger partial charge in [0.1, 0.15) is 0 Å². The Labute approximate surface area is 140 Å². The van der Waals surface area contributed by atoms with Crippen LogP contribution in [0.5, 0.6) is 0 Å². The maximum absolute atomic E-state index is 11.5. The van der Waals surface area contributed by atoms with Crippen LogP contribution in [-0.2, 0) is 9.59 Å². The van der Waals surface area contributed by atoms with Crippen molar-refractivity contribution in [3.05, 3.63) is 48.6 Å². The molecule has 0 aliphatic heterocycles. The highest BCUT2D eigenvalue weighted by molar-refractivity contribution is 5.99. The van der Waals surface area contributed by atoms with Crippen LogP contribution in [0.15, 0.2) is 48.6 Å². The number of hydrogen-bond acceptors (Lipinski definition) is 2. The fourth-order valence-electron chi connectivity index (χ4n) is 1.91. The fourth-order valence-corrected chi connectivity index (χ4v) is 1.91. The van der Waals surface area contributed by atoms with E-state index >= 15 is 0 Å². The summed E-state index contributed by atoms with van der Waals surface area (Å²) in [6, 6.07) is 0. The van der Waals surface area contributed by atoms with E-state index in [1.165, 1.54) is 25.3 Å². The molecule has 0 aliphatic carbocycles. The van der Waals surface area contributed by atoms with Crippen LogP contribution in [0.2, 0.25) is 0 Å². The summed E-state index contributed by atoms with van der Waals surface area (Å²) >= 11 is 0. The highest BCUT2D eigenvalue weighted by Crippen LogP contribution is 2.01. The Morgan fingerprint density at radius 2 is 1.57 bits per heavy atom. The third-order valence-corrected chi connectivity index (χ3v) is 3.21. The molecule has 0 aromatic carbocycles. The first-order valence-corrected chi connectivity index (χ1v) is 8.57. The van der Waals surface area contributed by atoms with E-state index in [4.69, 9.17) is 5.11 Å². The number of allylic oxidation sites excluding steroid dienone is 8. The molecule has 3 heteroatoms. The van der Waals surface area contributed by atoms with Gasteiger partial charge in [-0.25, -0.2) is 0 Å². The molecule has 0 spiro atoms. The lowest BCUT2D eigenvalue weighted by Crippen LogP contribution is -1.93. The minimum Gasteiger partial charge on any atom is -0.481 e. The molecule has 1 N–H and O–H groups in total. The zero-order valence-electron chi connectivity index (χ0n) is 14.2. The minimum absolute atomic E-state index is 0.0389. The van der Waals surface area contributed by atoms with E-state index in [0.717, 1.165) is 25.7 Å². The Balaban J connectivity index is 3.66. The van der Waals surface area contributed by atoms with Crippen LogP contribution >= 0.6 is 0 Å². The molecule has 0 bridgehead atoms. The van der Waals surface area contributed by atoms with Crippen LogP contribution in [0.4, 0.5) is 0 Å². The predicted octanol–water partition coefficient (Wildman–Crippen LogP) is 5.40. The van der Waals surface area contributed by atoms with Gasteiger partial charge in [-0.1, -0.05) is 56.2 Å². The zero-order valence-corrected chi connectivity index (χ0v) is 14.2. The number of aliphatic carboxylic acids is 1. The Hall–Kier alpha value is -1.90. The molecule has 0 heterocycles. The van der Waals surface area contributed by atoms with Crippen molar-refractivity contribution in [3.63, 3.8) is 0 Å². The monoisotopic (exact) mass is 318 g/mol. The number of rotatable bonds is 14. The highest BCUT2D eigenvalue weighted by atomic mass is 16.4. The largest absolute Gasteiger partial charge is 0.481 e. The Kier molecular flexibility index (Phi) is 15.1. The van der Waals surface area contributed by atoms with Gasteiger partial charge in [0.15, 0.2) is 5.78 Å². The van der Waals surface area contributed by atoms with Crippen molar-refractivity contribution in [1.82, 2.24) is 0 Å². The molecule has 0 aliphatic rings. The molecule has 23 heavy (non-hydrogen) atoms. The van der Waals surface area contributed by atoms with Gasteiger partial charge in [-0.15, -0.1) is 0 Å². The lowest BCUT2D eigenvalue weighted by Gasteiger charge is -1.92. The van der Waals surface area contributed by atoms with Crippen molar-refractivity contribution in [2.45, 2.75) is 64.7 Å². The summed E-state index contributed by atoms with van der Waals surface area (Å²) in [5, 5.41) is 8.49. The normalized spacial score (nSPS) is 12.2. The summed E-state index contributed by atoms with van der Waals surface area (Å²) in [6.07, 6.45) is 23.1. The SMILES string of the molecule is CCCCCC=CCC=CC=CC(=O)C=CCCCCC(=O)O. The summed E-state index contributed by atoms with van der Waals surface area (Å²) in [7, 11) is 0. The third-order valence-electron chi connectivity index (χ3n) is 3.21. The number of unbranched alkanes of at least 4 members (excludes halogenated alkanes) is 5. The van der Waals surface area contributed by atoms with Gasteiger partial charge in [-0.2, -0.15) is 0 Å². The van der Waals surface area contributed by atoms with E-state index in [2.05, 4.69) is 19.1 Å². The van der Waals surface area contributed by atoms with Crippen LogP contribution in [0, 0.1) is 0 Å². The quantitative estimate of drug-likeness (QED) is 0.202. The molecule has 0 fully saturated rings. The smallest absolute Gasteiger partial charge is 0.303 e. The summed E-state index contributed by atoms with van der Waals surface area (Å²) in [4.78, 5) is 21.8. The van der Waals surface area contributed by atoms with Gasteiger partial charge in [0, 0.05) is 6.42 Å². The number of carboxylic acids is 1. The van der Waals surface area contributed by atoms with Gasteiger partial charge in [0.25, 0.3) is 0 Å². The van der Waals surface area contributed by atoms with E-state index < -0.39 is 5.97 Å². The molecule has 0 aromatic heterocycles. The highest BCUT2D eigenvalue weighted by Gasteiger charge is 1.94. The van der Waals surface area contributed by atoms with E-state index in [9.17, 15) is 9.59 Å². The number of carboxylic acid groups (broad SMARTS) is 1. The van der Waals surface area contributed by atoms with Crippen molar-refractivity contribution in [2.75, 3.05) is 0 Å². The molecular formula is C20H30O3. The van der Waals surface area contributed by atoms with E-state index in [1.54, 1.807) is 18.2 Å². The average molecular weight is 318 g/mol.